The number of carbonyl (C=O) groups is 1. The van der Waals surface area contributed by atoms with Gasteiger partial charge < -0.3 is 19.7 Å². The van der Waals surface area contributed by atoms with Crippen molar-refractivity contribution in [2.24, 2.45) is 0 Å². The summed E-state index contributed by atoms with van der Waals surface area (Å²) in [6, 6.07) is 3.83. The Kier molecular flexibility index (Phi) is 4.77. The number of β-amino-alcohol motifs (C(OH)–C–C–N with tert-alkyl or cyclic N) is 1. The Morgan fingerprint density at radius 3 is 3.05 bits per heavy atom. The maximum absolute atomic E-state index is 12.4. The number of morpholine rings is 1. The van der Waals surface area contributed by atoms with Gasteiger partial charge in [-0.2, -0.15) is 0 Å². The van der Waals surface area contributed by atoms with E-state index in [0.29, 0.717) is 32.0 Å². The number of amides is 1. The lowest BCUT2D eigenvalue weighted by atomic mass is 10.2. The summed E-state index contributed by atoms with van der Waals surface area (Å²) in [5.74, 6) is -0.0931. The molecule has 0 aromatic carbocycles. The fourth-order valence-corrected chi connectivity index (χ4v) is 3.49. The molecule has 2 aromatic heterocycles. The Balaban J connectivity index is 1.54. The summed E-state index contributed by atoms with van der Waals surface area (Å²) >= 11 is 1.60. The third-order valence-corrected chi connectivity index (χ3v) is 4.74. The first-order chi connectivity index (χ1) is 10.6. The number of fused-ring (bicyclic) bond motifs is 1. The third-order valence-electron chi connectivity index (χ3n) is 3.87. The molecule has 120 valence electrons. The second kappa shape index (κ2) is 6.78. The zero-order valence-electron chi connectivity index (χ0n) is 12.6. The van der Waals surface area contributed by atoms with Gasteiger partial charge in [0.15, 0.2) is 0 Å². The molecule has 1 saturated heterocycles. The molecule has 3 heterocycles. The topological polar surface area (TPSA) is 68.8 Å². The number of ether oxygens (including phenoxy) is 1. The number of nitrogens with one attached hydrogen (secondary N) is 1. The largest absolute Gasteiger partial charge is 0.390 e. The lowest BCUT2D eigenvalue weighted by Gasteiger charge is -2.30. The summed E-state index contributed by atoms with van der Waals surface area (Å²) < 4.78 is 6.36. The number of likely N-dealkylation sites (N-methyl/N-ethyl adjacent to an activating group) is 1. The van der Waals surface area contributed by atoms with Gasteiger partial charge in [-0.3, -0.25) is 9.69 Å². The predicted octanol–water partition coefficient (Wildman–Crippen LogP) is 0.995. The minimum absolute atomic E-state index is 0.0931. The molecular formula is C15H21N3O3S. The van der Waals surface area contributed by atoms with Gasteiger partial charge in [0, 0.05) is 33.2 Å². The molecule has 22 heavy (non-hydrogen) atoms. The molecule has 1 amide bonds. The molecule has 0 bridgehead atoms. The molecule has 1 atom stereocenters. The molecule has 0 aliphatic carbocycles. The molecule has 6 nitrogen and oxygen atoms in total. The van der Waals surface area contributed by atoms with E-state index >= 15 is 0 Å². The fraction of sp³-hybridized carbons (Fsp3) is 0.533. The van der Waals surface area contributed by atoms with Crippen LogP contribution in [0.25, 0.3) is 10.2 Å². The van der Waals surface area contributed by atoms with E-state index in [2.05, 4.69) is 9.88 Å². The van der Waals surface area contributed by atoms with E-state index in [-0.39, 0.29) is 5.91 Å². The van der Waals surface area contributed by atoms with E-state index in [1.807, 2.05) is 17.5 Å². The normalized spacial score (nSPS) is 17.7. The van der Waals surface area contributed by atoms with Crippen molar-refractivity contribution in [1.82, 2.24) is 14.8 Å². The number of hydrogen-bond donors (Lipinski definition) is 2. The van der Waals surface area contributed by atoms with Gasteiger partial charge >= 0.3 is 0 Å². The van der Waals surface area contributed by atoms with Crippen molar-refractivity contribution in [3.8, 4) is 0 Å². The van der Waals surface area contributed by atoms with Crippen molar-refractivity contribution in [3.63, 3.8) is 0 Å². The zero-order chi connectivity index (χ0) is 15.5. The molecule has 0 unspecified atom stereocenters. The molecule has 1 aliphatic heterocycles. The molecule has 7 heteroatoms. The number of aliphatic hydroxyl groups is 1. The summed E-state index contributed by atoms with van der Waals surface area (Å²) in [4.78, 5) is 19.2. The minimum atomic E-state index is -0.553. The molecule has 0 radical (unpaired) electrons. The van der Waals surface area contributed by atoms with Crippen LogP contribution in [0.1, 0.15) is 10.5 Å². The monoisotopic (exact) mass is 323 g/mol. The SMILES string of the molecule is CN(C[C@H](O)CN1CCOCC1)C(=O)c1cc2sccc2[nH]1. The van der Waals surface area contributed by atoms with Gasteiger partial charge in [-0.15, -0.1) is 11.3 Å². The van der Waals surface area contributed by atoms with E-state index in [1.165, 1.54) is 0 Å². The smallest absolute Gasteiger partial charge is 0.270 e. The molecule has 1 fully saturated rings. The highest BCUT2D eigenvalue weighted by Gasteiger charge is 2.20. The Morgan fingerprint density at radius 2 is 2.32 bits per heavy atom. The van der Waals surface area contributed by atoms with Gasteiger partial charge in [0.25, 0.3) is 5.91 Å². The maximum Gasteiger partial charge on any atom is 0.270 e. The standard InChI is InChI=1S/C15H21N3O3S/c1-17(9-11(19)10-18-3-5-21-6-4-18)15(20)13-8-14-12(16-13)2-7-22-14/h2,7-8,11,16,19H,3-6,9-10H2,1H3/t11-/m0/s1. The lowest BCUT2D eigenvalue weighted by molar-refractivity contribution is 0.00875. The van der Waals surface area contributed by atoms with Crippen LogP contribution in [0.2, 0.25) is 0 Å². The lowest BCUT2D eigenvalue weighted by Crippen LogP contribution is -2.45. The summed E-state index contributed by atoms with van der Waals surface area (Å²) in [7, 11) is 1.72. The van der Waals surface area contributed by atoms with E-state index in [4.69, 9.17) is 4.74 Å². The van der Waals surface area contributed by atoms with Gasteiger partial charge in [0.2, 0.25) is 0 Å². The second-order valence-corrected chi connectivity index (χ2v) is 6.58. The second-order valence-electron chi connectivity index (χ2n) is 5.63. The molecule has 3 rings (SSSR count). The number of hydrogen-bond acceptors (Lipinski definition) is 5. The summed E-state index contributed by atoms with van der Waals surface area (Å²) in [5, 5.41) is 12.2. The molecular weight excluding hydrogens is 302 g/mol. The van der Waals surface area contributed by atoms with Crippen molar-refractivity contribution >= 4 is 27.5 Å². The van der Waals surface area contributed by atoms with Gasteiger partial charge in [-0.1, -0.05) is 0 Å². The number of aliphatic hydroxyl groups excluding tert-OH is 1. The number of rotatable bonds is 5. The van der Waals surface area contributed by atoms with Crippen LogP contribution in [0.3, 0.4) is 0 Å². The van der Waals surface area contributed by atoms with Crippen LogP contribution < -0.4 is 0 Å². The third kappa shape index (κ3) is 3.49. The highest BCUT2D eigenvalue weighted by molar-refractivity contribution is 7.17. The minimum Gasteiger partial charge on any atom is -0.390 e. The number of thiophene rings is 1. The summed E-state index contributed by atoms with van der Waals surface area (Å²) in [6.07, 6.45) is -0.553. The number of carbonyl (C=O) groups excluding carboxylic acids is 1. The Labute approximate surface area is 133 Å². The predicted molar refractivity (Wildman–Crippen MR) is 86.4 cm³/mol. The first kappa shape index (κ1) is 15.5. The zero-order valence-corrected chi connectivity index (χ0v) is 13.4. The van der Waals surface area contributed by atoms with Gasteiger partial charge in [0.05, 0.1) is 29.5 Å². The van der Waals surface area contributed by atoms with Crippen molar-refractivity contribution in [2.75, 3.05) is 46.4 Å². The average molecular weight is 323 g/mol. The highest BCUT2D eigenvalue weighted by atomic mass is 32.1. The number of aromatic nitrogens is 1. The van der Waals surface area contributed by atoms with Gasteiger partial charge in [0.1, 0.15) is 5.69 Å². The van der Waals surface area contributed by atoms with Crippen LogP contribution in [0, 0.1) is 0 Å². The summed E-state index contributed by atoms with van der Waals surface area (Å²) in [6.45, 7) is 3.98. The summed E-state index contributed by atoms with van der Waals surface area (Å²) in [5.41, 5.74) is 1.55. The molecule has 0 spiro atoms. The van der Waals surface area contributed by atoms with Crippen molar-refractivity contribution < 1.29 is 14.6 Å². The molecule has 1 aliphatic rings. The van der Waals surface area contributed by atoms with E-state index < -0.39 is 6.10 Å². The van der Waals surface area contributed by atoms with E-state index in [9.17, 15) is 9.90 Å². The Hall–Kier alpha value is -1.41. The number of nitrogens with zero attached hydrogens (tertiary/aromatic N) is 2. The fourth-order valence-electron chi connectivity index (χ4n) is 2.71. The molecule has 0 saturated carbocycles. The first-order valence-corrected chi connectivity index (χ1v) is 8.31. The van der Waals surface area contributed by atoms with Crippen molar-refractivity contribution in [1.29, 1.82) is 0 Å². The number of aromatic amines is 1. The number of H-pyrrole nitrogens is 1. The average Bonchev–Trinajstić information content (AvgIpc) is 3.08. The first-order valence-electron chi connectivity index (χ1n) is 7.43. The van der Waals surface area contributed by atoms with Gasteiger partial charge in [-0.25, -0.2) is 0 Å². The van der Waals surface area contributed by atoms with Crippen LogP contribution >= 0.6 is 11.3 Å². The Bertz CT molecular complexity index is 604. The Morgan fingerprint density at radius 1 is 1.55 bits per heavy atom. The van der Waals surface area contributed by atoms with Crippen LogP contribution in [-0.4, -0.2) is 78.3 Å². The van der Waals surface area contributed by atoms with E-state index in [1.54, 1.807) is 23.3 Å². The quantitative estimate of drug-likeness (QED) is 0.861. The van der Waals surface area contributed by atoms with Crippen LogP contribution in [-0.2, 0) is 4.74 Å². The highest BCUT2D eigenvalue weighted by Crippen LogP contribution is 2.21. The van der Waals surface area contributed by atoms with Crippen molar-refractivity contribution in [2.45, 2.75) is 6.10 Å². The van der Waals surface area contributed by atoms with E-state index in [0.717, 1.165) is 23.3 Å². The maximum atomic E-state index is 12.4. The van der Waals surface area contributed by atoms with Crippen LogP contribution in [0.15, 0.2) is 17.5 Å². The molecule has 2 aromatic rings. The van der Waals surface area contributed by atoms with Crippen LogP contribution in [0.4, 0.5) is 0 Å². The van der Waals surface area contributed by atoms with Crippen LogP contribution in [0.5, 0.6) is 0 Å². The van der Waals surface area contributed by atoms with Crippen molar-refractivity contribution in [3.05, 3.63) is 23.2 Å². The molecule has 2 N–H and O–H groups in total. The van der Waals surface area contributed by atoms with Gasteiger partial charge in [-0.05, 0) is 17.5 Å².